The highest BCUT2D eigenvalue weighted by atomic mass is 16.5. The van der Waals surface area contributed by atoms with Gasteiger partial charge in [0, 0.05) is 22.8 Å². The summed E-state index contributed by atoms with van der Waals surface area (Å²) < 4.78 is 34.0. The van der Waals surface area contributed by atoms with Crippen LogP contribution >= 0.6 is 0 Å². The number of ether oxygens (including phenoxy) is 6. The van der Waals surface area contributed by atoms with Gasteiger partial charge in [0.05, 0.1) is 35.5 Å². The third-order valence-corrected chi connectivity index (χ3v) is 5.50. The van der Waals surface area contributed by atoms with Crippen LogP contribution in [-0.2, 0) is 0 Å². The van der Waals surface area contributed by atoms with Gasteiger partial charge in [-0.05, 0) is 29.3 Å². The van der Waals surface area contributed by atoms with Crippen LogP contribution in [0, 0.1) is 0 Å². The van der Waals surface area contributed by atoms with Crippen LogP contribution in [0.3, 0.4) is 0 Å². The van der Waals surface area contributed by atoms with Crippen molar-refractivity contribution < 1.29 is 28.4 Å². The highest BCUT2D eigenvalue weighted by Gasteiger charge is 2.27. The van der Waals surface area contributed by atoms with E-state index in [-0.39, 0.29) is 0 Å². The Hall–Kier alpha value is -3.80. The summed E-state index contributed by atoms with van der Waals surface area (Å²) in [7, 11) is 8.04. The number of hydrogen-bond acceptors (Lipinski definition) is 6. The van der Waals surface area contributed by atoms with E-state index in [4.69, 9.17) is 28.4 Å². The van der Waals surface area contributed by atoms with Gasteiger partial charge < -0.3 is 28.4 Å². The molecule has 0 amide bonds. The molecular formula is C26H26O6. The molecule has 32 heavy (non-hydrogen) atoms. The summed E-state index contributed by atoms with van der Waals surface area (Å²) in [5, 5.41) is 0. The maximum atomic E-state index is 6.16. The molecule has 0 radical (unpaired) electrons. The van der Waals surface area contributed by atoms with Crippen LogP contribution < -0.4 is 28.4 Å². The van der Waals surface area contributed by atoms with E-state index in [9.17, 15) is 0 Å². The van der Waals surface area contributed by atoms with Crippen molar-refractivity contribution in [3.05, 3.63) is 71.3 Å². The van der Waals surface area contributed by atoms with E-state index in [1.54, 1.807) is 35.5 Å². The van der Waals surface area contributed by atoms with Crippen LogP contribution in [0.15, 0.2) is 54.6 Å². The maximum Gasteiger partial charge on any atom is 0.203 e. The van der Waals surface area contributed by atoms with Gasteiger partial charge in [-0.15, -0.1) is 0 Å². The molecule has 0 unspecified atom stereocenters. The molecule has 1 aliphatic heterocycles. The first-order valence-electron chi connectivity index (χ1n) is 10.1. The Morgan fingerprint density at radius 2 is 1.22 bits per heavy atom. The third kappa shape index (κ3) is 3.68. The first-order chi connectivity index (χ1) is 15.6. The second-order valence-electron chi connectivity index (χ2n) is 7.13. The van der Waals surface area contributed by atoms with E-state index in [0.29, 0.717) is 41.1 Å². The first kappa shape index (κ1) is 21.4. The molecule has 1 aliphatic rings. The zero-order valence-corrected chi connectivity index (χ0v) is 18.9. The molecule has 0 N–H and O–H groups in total. The lowest BCUT2D eigenvalue weighted by Gasteiger charge is -2.27. The van der Waals surface area contributed by atoms with Crippen LogP contribution in [0.4, 0.5) is 0 Å². The molecule has 6 nitrogen and oxygen atoms in total. The van der Waals surface area contributed by atoms with Crippen LogP contribution in [-0.4, -0.2) is 42.2 Å². The van der Waals surface area contributed by atoms with E-state index in [2.05, 4.69) is 12.1 Å². The number of hydrogen-bond donors (Lipinski definition) is 0. The molecular weight excluding hydrogens is 408 g/mol. The highest BCUT2D eigenvalue weighted by Crippen LogP contribution is 2.48. The molecule has 6 heteroatoms. The predicted octanol–water partition coefficient (Wildman–Crippen LogP) is 5.08. The van der Waals surface area contributed by atoms with E-state index >= 15 is 0 Å². The molecule has 0 saturated carbocycles. The summed E-state index contributed by atoms with van der Waals surface area (Å²) in [5.41, 5.74) is 4.91. The molecule has 0 fully saturated rings. The lowest BCUT2D eigenvalue weighted by Crippen LogP contribution is -2.12. The SMILES string of the molecule is COc1cc2c(cc1OC)C(c1cc(OC)c(OC)c(OC)c1)=C(c1ccccc1)CO2. The van der Waals surface area contributed by atoms with Crippen molar-refractivity contribution in [3.8, 4) is 34.5 Å². The Bertz CT molecular complexity index is 1130. The van der Waals surface area contributed by atoms with Gasteiger partial charge in [-0.2, -0.15) is 0 Å². The van der Waals surface area contributed by atoms with E-state index in [1.807, 2.05) is 42.5 Å². The van der Waals surface area contributed by atoms with Gasteiger partial charge in [-0.1, -0.05) is 30.3 Å². The molecule has 0 bridgehead atoms. The second kappa shape index (κ2) is 9.14. The van der Waals surface area contributed by atoms with Gasteiger partial charge in [-0.25, -0.2) is 0 Å². The summed E-state index contributed by atoms with van der Waals surface area (Å²) in [6.45, 7) is 0.401. The molecule has 0 saturated heterocycles. The average molecular weight is 434 g/mol. The standard InChI is InChI=1S/C26H26O6/c1-27-21-13-18-20(14-22(21)28-2)32-15-19(16-9-7-6-8-10-16)25(18)17-11-23(29-3)26(31-5)24(12-17)30-4/h6-14H,15H2,1-5H3. The molecule has 1 heterocycles. The summed E-state index contributed by atoms with van der Waals surface area (Å²) in [6.07, 6.45) is 0. The Labute approximate surface area is 187 Å². The largest absolute Gasteiger partial charge is 0.493 e. The third-order valence-electron chi connectivity index (χ3n) is 5.50. The Morgan fingerprint density at radius 3 is 1.78 bits per heavy atom. The van der Waals surface area contributed by atoms with Crippen LogP contribution in [0.5, 0.6) is 34.5 Å². The van der Waals surface area contributed by atoms with Gasteiger partial charge in [0.15, 0.2) is 23.0 Å². The van der Waals surface area contributed by atoms with Gasteiger partial charge in [0.25, 0.3) is 0 Å². The molecule has 0 aromatic heterocycles. The zero-order chi connectivity index (χ0) is 22.7. The minimum atomic E-state index is 0.401. The lowest BCUT2D eigenvalue weighted by atomic mass is 9.87. The topological polar surface area (TPSA) is 55.4 Å². The molecule has 3 aromatic carbocycles. The normalized spacial score (nSPS) is 12.5. The fraction of sp³-hybridized carbons (Fsp3) is 0.231. The maximum absolute atomic E-state index is 6.16. The van der Waals surface area contributed by atoms with Crippen molar-refractivity contribution in [1.29, 1.82) is 0 Å². The monoisotopic (exact) mass is 434 g/mol. The van der Waals surface area contributed by atoms with E-state index in [0.717, 1.165) is 27.8 Å². The van der Waals surface area contributed by atoms with Gasteiger partial charge >= 0.3 is 0 Å². The zero-order valence-electron chi connectivity index (χ0n) is 18.9. The van der Waals surface area contributed by atoms with E-state index < -0.39 is 0 Å². The molecule has 0 aliphatic carbocycles. The minimum Gasteiger partial charge on any atom is -0.493 e. The van der Waals surface area contributed by atoms with Gasteiger partial charge in [0.2, 0.25) is 5.75 Å². The summed E-state index contributed by atoms with van der Waals surface area (Å²) in [4.78, 5) is 0. The van der Waals surface area contributed by atoms with Crippen molar-refractivity contribution in [2.75, 3.05) is 42.2 Å². The molecule has 4 rings (SSSR count). The fourth-order valence-corrected chi connectivity index (χ4v) is 3.98. The van der Waals surface area contributed by atoms with Crippen molar-refractivity contribution in [3.63, 3.8) is 0 Å². The van der Waals surface area contributed by atoms with E-state index in [1.165, 1.54) is 0 Å². The fourth-order valence-electron chi connectivity index (χ4n) is 3.98. The smallest absolute Gasteiger partial charge is 0.203 e. The van der Waals surface area contributed by atoms with Crippen molar-refractivity contribution in [1.82, 2.24) is 0 Å². The lowest BCUT2D eigenvalue weighted by molar-refractivity contribution is 0.324. The quantitative estimate of drug-likeness (QED) is 0.517. The predicted molar refractivity (Wildman–Crippen MR) is 123 cm³/mol. The molecule has 0 atom stereocenters. The minimum absolute atomic E-state index is 0.401. The van der Waals surface area contributed by atoms with Crippen LogP contribution in [0.2, 0.25) is 0 Å². The summed E-state index contributed by atoms with van der Waals surface area (Å²) in [6, 6.07) is 17.9. The number of methoxy groups -OCH3 is 5. The average Bonchev–Trinajstić information content (AvgIpc) is 2.86. The summed E-state index contributed by atoms with van der Waals surface area (Å²) >= 11 is 0. The van der Waals surface area contributed by atoms with Crippen LogP contribution in [0.1, 0.15) is 16.7 Å². The molecule has 3 aromatic rings. The number of rotatable bonds is 7. The number of benzene rings is 3. The highest BCUT2D eigenvalue weighted by molar-refractivity contribution is 6.02. The Morgan fingerprint density at radius 1 is 0.625 bits per heavy atom. The number of fused-ring (bicyclic) bond motifs is 1. The van der Waals surface area contributed by atoms with Gasteiger partial charge in [-0.3, -0.25) is 0 Å². The molecule has 0 spiro atoms. The van der Waals surface area contributed by atoms with Crippen molar-refractivity contribution in [2.24, 2.45) is 0 Å². The Balaban J connectivity index is 2.04. The molecule has 166 valence electrons. The van der Waals surface area contributed by atoms with Crippen molar-refractivity contribution >= 4 is 11.1 Å². The Kier molecular flexibility index (Phi) is 6.12. The van der Waals surface area contributed by atoms with Gasteiger partial charge in [0.1, 0.15) is 12.4 Å². The second-order valence-corrected chi connectivity index (χ2v) is 7.13. The van der Waals surface area contributed by atoms with Crippen molar-refractivity contribution in [2.45, 2.75) is 0 Å². The first-order valence-corrected chi connectivity index (χ1v) is 10.1. The van der Waals surface area contributed by atoms with Crippen LogP contribution in [0.25, 0.3) is 11.1 Å². The summed E-state index contributed by atoms with van der Waals surface area (Å²) in [5.74, 6) is 3.64.